The molecule has 0 spiro atoms. The number of fused-ring (bicyclic) bond motifs is 2. The molecule has 2 unspecified atom stereocenters. The van der Waals surface area contributed by atoms with Crippen molar-refractivity contribution in [1.29, 1.82) is 0 Å². The summed E-state index contributed by atoms with van der Waals surface area (Å²) in [6.45, 7) is 7.64. The van der Waals surface area contributed by atoms with Gasteiger partial charge in [-0.15, -0.1) is 0 Å². The van der Waals surface area contributed by atoms with Crippen LogP contribution in [0.5, 0.6) is 0 Å². The summed E-state index contributed by atoms with van der Waals surface area (Å²) in [6, 6.07) is 7.20. The number of hydrogen-bond acceptors (Lipinski definition) is 6. The molecule has 3 aliphatic heterocycles. The summed E-state index contributed by atoms with van der Waals surface area (Å²) in [5, 5.41) is 0. The van der Waals surface area contributed by atoms with Gasteiger partial charge in [0.05, 0.1) is 38.5 Å². The number of nitrogens with zero attached hydrogens (tertiary/aromatic N) is 1. The van der Waals surface area contributed by atoms with E-state index in [1.165, 1.54) is 0 Å². The number of benzene rings is 1. The van der Waals surface area contributed by atoms with Gasteiger partial charge in [0.15, 0.2) is 12.1 Å². The molecule has 4 rings (SSSR count). The molecule has 1 amide bonds. The predicted molar refractivity (Wildman–Crippen MR) is 105 cm³/mol. The fourth-order valence-electron chi connectivity index (χ4n) is 4.33. The quantitative estimate of drug-likeness (QED) is 0.721. The van der Waals surface area contributed by atoms with Gasteiger partial charge in [-0.25, -0.2) is 4.79 Å². The highest BCUT2D eigenvalue weighted by molar-refractivity contribution is 5.98. The van der Waals surface area contributed by atoms with E-state index in [1.807, 2.05) is 45.0 Å². The lowest BCUT2D eigenvalue weighted by molar-refractivity contribution is -0.0861. The van der Waals surface area contributed by atoms with Crippen molar-refractivity contribution >= 4 is 11.9 Å². The van der Waals surface area contributed by atoms with E-state index >= 15 is 0 Å². The van der Waals surface area contributed by atoms with Crippen LogP contribution < -0.4 is 0 Å². The molecule has 1 aromatic carbocycles. The van der Waals surface area contributed by atoms with E-state index in [0.29, 0.717) is 44.8 Å². The van der Waals surface area contributed by atoms with Crippen LogP contribution in [0.25, 0.3) is 0 Å². The number of amides is 1. The zero-order valence-corrected chi connectivity index (χ0v) is 17.3. The van der Waals surface area contributed by atoms with Gasteiger partial charge in [0.1, 0.15) is 5.60 Å². The molecule has 7 heteroatoms. The van der Waals surface area contributed by atoms with E-state index in [0.717, 1.165) is 5.56 Å². The Morgan fingerprint density at radius 1 is 1.00 bits per heavy atom. The maximum absolute atomic E-state index is 13.1. The molecule has 3 heterocycles. The minimum Gasteiger partial charge on any atom is -0.444 e. The first-order valence-electron chi connectivity index (χ1n) is 10.3. The van der Waals surface area contributed by atoms with E-state index in [4.69, 9.17) is 18.9 Å². The van der Waals surface area contributed by atoms with E-state index in [9.17, 15) is 9.59 Å². The zero-order chi connectivity index (χ0) is 20.6. The SMILES string of the molecule is CC(C)(C)OC(=O)N1C2COCC1CC(C(=O)c1ccc(C3OCCO3)cc1)C2. The molecular formula is C22H29NO6. The van der Waals surface area contributed by atoms with Gasteiger partial charge in [-0.2, -0.15) is 0 Å². The number of rotatable bonds is 3. The maximum atomic E-state index is 13.1. The Labute approximate surface area is 171 Å². The predicted octanol–water partition coefficient (Wildman–Crippen LogP) is 3.33. The second-order valence-corrected chi connectivity index (χ2v) is 8.96. The molecule has 3 saturated heterocycles. The lowest BCUT2D eigenvalue weighted by atomic mass is 9.80. The first-order chi connectivity index (χ1) is 13.8. The zero-order valence-electron chi connectivity index (χ0n) is 17.3. The molecule has 7 nitrogen and oxygen atoms in total. The highest BCUT2D eigenvalue weighted by Gasteiger charge is 2.45. The normalized spacial score (nSPS) is 27.7. The molecule has 0 aromatic heterocycles. The Kier molecular flexibility index (Phi) is 5.64. The van der Waals surface area contributed by atoms with Crippen LogP contribution in [-0.2, 0) is 18.9 Å². The molecule has 29 heavy (non-hydrogen) atoms. The smallest absolute Gasteiger partial charge is 0.410 e. The Morgan fingerprint density at radius 2 is 1.59 bits per heavy atom. The second kappa shape index (κ2) is 8.05. The molecule has 0 saturated carbocycles. The van der Waals surface area contributed by atoms with Gasteiger partial charge >= 0.3 is 6.09 Å². The van der Waals surface area contributed by atoms with Crippen LogP contribution in [0.3, 0.4) is 0 Å². The van der Waals surface area contributed by atoms with Crippen molar-refractivity contribution < 1.29 is 28.5 Å². The van der Waals surface area contributed by atoms with Crippen LogP contribution in [-0.4, -0.2) is 60.9 Å². The van der Waals surface area contributed by atoms with Crippen LogP contribution >= 0.6 is 0 Å². The van der Waals surface area contributed by atoms with Crippen LogP contribution in [0.1, 0.15) is 55.8 Å². The molecule has 0 radical (unpaired) electrons. The molecule has 2 bridgehead atoms. The lowest BCUT2D eigenvalue weighted by Gasteiger charge is -2.47. The van der Waals surface area contributed by atoms with Gasteiger partial charge in [-0.05, 0) is 33.6 Å². The van der Waals surface area contributed by atoms with Crippen molar-refractivity contribution in [2.24, 2.45) is 5.92 Å². The van der Waals surface area contributed by atoms with Crippen molar-refractivity contribution in [2.45, 2.75) is 57.6 Å². The van der Waals surface area contributed by atoms with Crippen LogP contribution in [0.15, 0.2) is 24.3 Å². The largest absolute Gasteiger partial charge is 0.444 e. The van der Waals surface area contributed by atoms with E-state index in [-0.39, 0.29) is 36.2 Å². The number of ether oxygens (including phenoxy) is 4. The third kappa shape index (κ3) is 4.47. The van der Waals surface area contributed by atoms with Crippen molar-refractivity contribution in [3.05, 3.63) is 35.4 Å². The monoisotopic (exact) mass is 403 g/mol. The average Bonchev–Trinajstić information content (AvgIpc) is 3.20. The minimum atomic E-state index is -0.548. The van der Waals surface area contributed by atoms with E-state index in [2.05, 4.69) is 0 Å². The summed E-state index contributed by atoms with van der Waals surface area (Å²) in [7, 11) is 0. The summed E-state index contributed by atoms with van der Waals surface area (Å²) in [5.74, 6) is -0.0111. The fraction of sp³-hybridized carbons (Fsp3) is 0.636. The van der Waals surface area contributed by atoms with Crippen molar-refractivity contribution in [3.63, 3.8) is 0 Å². The van der Waals surface area contributed by atoms with Gasteiger partial charge in [-0.1, -0.05) is 24.3 Å². The molecule has 158 valence electrons. The molecule has 2 atom stereocenters. The van der Waals surface area contributed by atoms with Gasteiger partial charge in [-0.3, -0.25) is 9.69 Å². The number of hydrogen-bond donors (Lipinski definition) is 0. The number of Topliss-reactive ketones (excluding diaryl/α,β-unsaturated/α-hetero) is 1. The van der Waals surface area contributed by atoms with Gasteiger partial charge < -0.3 is 18.9 Å². The highest BCUT2D eigenvalue weighted by Crippen LogP contribution is 2.35. The summed E-state index contributed by atoms with van der Waals surface area (Å²) in [4.78, 5) is 27.6. The third-order valence-electron chi connectivity index (χ3n) is 5.58. The molecular weight excluding hydrogens is 374 g/mol. The maximum Gasteiger partial charge on any atom is 0.410 e. The first-order valence-corrected chi connectivity index (χ1v) is 10.3. The Morgan fingerprint density at radius 3 is 2.14 bits per heavy atom. The molecule has 0 aliphatic carbocycles. The Balaban J connectivity index is 1.44. The molecule has 0 N–H and O–H groups in total. The van der Waals surface area contributed by atoms with E-state index < -0.39 is 5.60 Å². The molecule has 3 aliphatic rings. The Bertz CT molecular complexity index is 736. The lowest BCUT2D eigenvalue weighted by Crippen LogP contribution is -2.60. The van der Waals surface area contributed by atoms with Crippen LogP contribution in [0.4, 0.5) is 4.79 Å². The van der Waals surface area contributed by atoms with Crippen molar-refractivity contribution in [3.8, 4) is 0 Å². The van der Waals surface area contributed by atoms with Gasteiger partial charge in [0.25, 0.3) is 0 Å². The Hall–Kier alpha value is -1.96. The average molecular weight is 403 g/mol. The summed E-state index contributed by atoms with van der Waals surface area (Å²) >= 11 is 0. The molecule has 1 aromatic rings. The van der Waals surface area contributed by atoms with E-state index in [1.54, 1.807) is 4.90 Å². The number of carbonyl (C=O) groups is 2. The second-order valence-electron chi connectivity index (χ2n) is 8.96. The number of morpholine rings is 1. The van der Waals surface area contributed by atoms with Gasteiger partial charge in [0, 0.05) is 17.0 Å². The van der Waals surface area contributed by atoms with Gasteiger partial charge in [0.2, 0.25) is 0 Å². The van der Waals surface area contributed by atoms with Crippen molar-refractivity contribution in [1.82, 2.24) is 4.90 Å². The topological polar surface area (TPSA) is 74.3 Å². The molecule has 3 fully saturated rings. The van der Waals surface area contributed by atoms with Crippen LogP contribution in [0.2, 0.25) is 0 Å². The standard InChI is InChI=1S/C22H29NO6/c1-22(2,3)29-21(25)23-17-10-16(11-18(23)13-26-12-17)19(24)14-4-6-15(7-5-14)20-27-8-9-28-20/h4-7,16-18,20H,8-13H2,1-3H3. The third-order valence-corrected chi connectivity index (χ3v) is 5.58. The first kappa shape index (κ1) is 20.3. The fourth-order valence-corrected chi connectivity index (χ4v) is 4.33. The highest BCUT2D eigenvalue weighted by atomic mass is 16.7. The number of piperidine rings is 1. The number of ketones is 1. The minimum absolute atomic E-state index is 0.116. The van der Waals surface area contributed by atoms with Crippen molar-refractivity contribution in [2.75, 3.05) is 26.4 Å². The van der Waals surface area contributed by atoms with Crippen LogP contribution in [0, 0.1) is 5.92 Å². The summed E-state index contributed by atoms with van der Waals surface area (Å²) in [6.07, 6.45) is 0.520. The summed E-state index contributed by atoms with van der Waals surface area (Å²) in [5.41, 5.74) is 1.05. The summed E-state index contributed by atoms with van der Waals surface area (Å²) < 4.78 is 22.3. The number of carbonyl (C=O) groups excluding carboxylic acids is 2.